The number of thioether (sulfide) groups is 1. The molecule has 2 heterocycles. The van der Waals surface area contributed by atoms with Crippen molar-refractivity contribution < 1.29 is 0 Å². The molecular formula is C13H17BrN4S. The zero-order valence-electron chi connectivity index (χ0n) is 10.8. The van der Waals surface area contributed by atoms with Crippen LogP contribution >= 0.6 is 27.7 Å². The number of hydrogen-bond acceptors (Lipinski definition) is 4. The van der Waals surface area contributed by atoms with Gasteiger partial charge < -0.3 is 5.32 Å². The maximum Gasteiger partial charge on any atom is 0.243 e. The molecule has 1 saturated carbocycles. The highest BCUT2D eigenvalue weighted by Crippen LogP contribution is 2.29. The fraction of sp³-hybridized carbons (Fsp3) is 0.538. The minimum atomic E-state index is 0.490. The summed E-state index contributed by atoms with van der Waals surface area (Å²) in [5.74, 6) is 0.740. The monoisotopic (exact) mass is 340 g/mol. The minimum absolute atomic E-state index is 0.490. The van der Waals surface area contributed by atoms with Gasteiger partial charge in [-0.2, -0.15) is 16.7 Å². The average Bonchev–Trinajstić information content (AvgIpc) is 2.80. The molecule has 1 fully saturated rings. The molecule has 0 amide bonds. The molecular weight excluding hydrogens is 324 g/mol. The zero-order valence-corrected chi connectivity index (χ0v) is 13.2. The molecule has 3 rings (SSSR count). The van der Waals surface area contributed by atoms with Crippen molar-refractivity contribution in [2.75, 3.05) is 11.6 Å². The predicted molar refractivity (Wildman–Crippen MR) is 83.9 cm³/mol. The van der Waals surface area contributed by atoms with Crippen LogP contribution in [-0.2, 0) is 0 Å². The van der Waals surface area contributed by atoms with E-state index in [0.717, 1.165) is 16.1 Å². The van der Waals surface area contributed by atoms with Gasteiger partial charge in [0, 0.05) is 22.0 Å². The van der Waals surface area contributed by atoms with Crippen molar-refractivity contribution in [3.63, 3.8) is 0 Å². The molecule has 0 spiro atoms. The first-order chi connectivity index (χ1) is 9.26. The Morgan fingerprint density at radius 2 is 2.21 bits per heavy atom. The van der Waals surface area contributed by atoms with Crippen LogP contribution < -0.4 is 5.32 Å². The van der Waals surface area contributed by atoms with Gasteiger partial charge in [-0.3, -0.25) is 0 Å². The van der Waals surface area contributed by atoms with Crippen molar-refractivity contribution >= 4 is 39.3 Å². The number of nitrogens with one attached hydrogen (secondary N) is 1. The summed E-state index contributed by atoms with van der Waals surface area (Å²) in [5.41, 5.74) is 0.877. The molecule has 1 aliphatic carbocycles. The van der Waals surface area contributed by atoms with Gasteiger partial charge in [-0.1, -0.05) is 12.8 Å². The molecule has 2 unspecified atom stereocenters. The van der Waals surface area contributed by atoms with E-state index in [4.69, 9.17) is 0 Å². The Hall–Kier alpha value is -0.750. The van der Waals surface area contributed by atoms with Gasteiger partial charge in [0.15, 0.2) is 5.65 Å². The Morgan fingerprint density at radius 1 is 1.37 bits per heavy atom. The number of fused-ring (bicyclic) bond motifs is 1. The first-order valence-corrected chi connectivity index (χ1v) is 8.65. The number of pyridine rings is 1. The number of halogens is 1. The van der Waals surface area contributed by atoms with E-state index in [9.17, 15) is 0 Å². The number of aromatic nitrogens is 3. The van der Waals surface area contributed by atoms with Crippen LogP contribution in [0.5, 0.6) is 0 Å². The van der Waals surface area contributed by atoms with E-state index in [-0.39, 0.29) is 0 Å². The summed E-state index contributed by atoms with van der Waals surface area (Å²) < 4.78 is 2.82. The van der Waals surface area contributed by atoms with E-state index < -0.39 is 0 Å². The molecule has 19 heavy (non-hydrogen) atoms. The number of nitrogens with zero attached hydrogens (tertiary/aromatic N) is 3. The van der Waals surface area contributed by atoms with Crippen molar-refractivity contribution in [3.05, 3.63) is 22.8 Å². The molecule has 0 aromatic carbocycles. The molecule has 102 valence electrons. The lowest BCUT2D eigenvalue weighted by Crippen LogP contribution is -2.34. The number of anilines is 1. The Balaban J connectivity index is 1.80. The largest absolute Gasteiger partial charge is 0.349 e. The summed E-state index contributed by atoms with van der Waals surface area (Å²) in [6.45, 7) is 0. The van der Waals surface area contributed by atoms with Crippen LogP contribution in [0.3, 0.4) is 0 Å². The van der Waals surface area contributed by atoms with E-state index in [1.165, 1.54) is 25.7 Å². The van der Waals surface area contributed by atoms with Gasteiger partial charge in [0.25, 0.3) is 0 Å². The van der Waals surface area contributed by atoms with Crippen LogP contribution in [0.2, 0.25) is 0 Å². The van der Waals surface area contributed by atoms with Crippen molar-refractivity contribution in [3.8, 4) is 0 Å². The normalized spacial score (nSPS) is 23.7. The van der Waals surface area contributed by atoms with Gasteiger partial charge in [-0.05, 0) is 47.2 Å². The molecule has 2 aromatic heterocycles. The fourth-order valence-corrected chi connectivity index (χ4v) is 3.89. The van der Waals surface area contributed by atoms with Crippen LogP contribution in [-0.4, -0.2) is 32.1 Å². The van der Waals surface area contributed by atoms with E-state index in [1.807, 2.05) is 34.6 Å². The van der Waals surface area contributed by atoms with Crippen LogP contribution in [0, 0.1) is 0 Å². The first-order valence-electron chi connectivity index (χ1n) is 6.57. The molecule has 2 atom stereocenters. The van der Waals surface area contributed by atoms with Crippen LogP contribution in [0.25, 0.3) is 5.65 Å². The van der Waals surface area contributed by atoms with Gasteiger partial charge in [0.05, 0.1) is 0 Å². The number of rotatable bonds is 3. The van der Waals surface area contributed by atoms with Crippen LogP contribution in [0.1, 0.15) is 25.7 Å². The Bertz CT molecular complexity index is 571. The molecule has 1 N–H and O–H groups in total. The summed E-state index contributed by atoms with van der Waals surface area (Å²) in [6.07, 6.45) is 9.27. The first kappa shape index (κ1) is 13.2. The van der Waals surface area contributed by atoms with E-state index >= 15 is 0 Å². The van der Waals surface area contributed by atoms with Gasteiger partial charge in [-0.15, -0.1) is 5.10 Å². The summed E-state index contributed by atoms with van der Waals surface area (Å²) in [5, 5.41) is 8.68. The van der Waals surface area contributed by atoms with Crippen LogP contribution in [0.4, 0.5) is 5.95 Å². The Morgan fingerprint density at radius 3 is 3.05 bits per heavy atom. The lowest BCUT2D eigenvalue weighted by Gasteiger charge is -2.30. The molecule has 1 aliphatic rings. The maximum absolute atomic E-state index is 4.53. The molecule has 4 nitrogen and oxygen atoms in total. The Labute approximate surface area is 125 Å². The molecule has 0 saturated heterocycles. The highest BCUT2D eigenvalue weighted by molar-refractivity contribution is 9.10. The predicted octanol–water partition coefficient (Wildman–Crippen LogP) is 3.58. The van der Waals surface area contributed by atoms with Crippen molar-refractivity contribution in [2.45, 2.75) is 37.0 Å². The molecule has 2 aromatic rings. The highest BCUT2D eigenvalue weighted by Gasteiger charge is 2.25. The minimum Gasteiger partial charge on any atom is -0.349 e. The van der Waals surface area contributed by atoms with E-state index in [0.29, 0.717) is 11.3 Å². The van der Waals surface area contributed by atoms with Crippen molar-refractivity contribution in [1.29, 1.82) is 0 Å². The molecule has 6 heteroatoms. The third kappa shape index (κ3) is 2.89. The lowest BCUT2D eigenvalue weighted by atomic mass is 9.95. The molecule has 0 bridgehead atoms. The Kier molecular flexibility index (Phi) is 3.98. The third-order valence-electron chi connectivity index (χ3n) is 3.61. The second-order valence-corrected chi connectivity index (χ2v) is 6.89. The van der Waals surface area contributed by atoms with Gasteiger partial charge in [-0.25, -0.2) is 4.52 Å². The molecule has 0 radical (unpaired) electrons. The van der Waals surface area contributed by atoms with E-state index in [1.54, 1.807) is 0 Å². The standard InChI is InChI=1S/C13H17BrN4S/c1-19-11-5-3-2-4-10(11)15-13-16-12-7-6-9(14)8-18(12)17-13/h6-8,10-11H,2-5H2,1H3,(H,15,17). The van der Waals surface area contributed by atoms with Gasteiger partial charge in [0.1, 0.15) is 0 Å². The van der Waals surface area contributed by atoms with Crippen molar-refractivity contribution in [1.82, 2.24) is 14.6 Å². The summed E-state index contributed by atoms with van der Waals surface area (Å²) >= 11 is 5.40. The second kappa shape index (κ2) is 5.71. The third-order valence-corrected chi connectivity index (χ3v) is 5.25. The van der Waals surface area contributed by atoms with E-state index in [2.05, 4.69) is 37.6 Å². The lowest BCUT2D eigenvalue weighted by molar-refractivity contribution is 0.473. The maximum atomic E-state index is 4.53. The SMILES string of the molecule is CSC1CCCCC1Nc1nc2ccc(Br)cn2n1. The van der Waals surface area contributed by atoms with Crippen molar-refractivity contribution in [2.24, 2.45) is 0 Å². The number of hydrogen-bond donors (Lipinski definition) is 1. The summed E-state index contributed by atoms with van der Waals surface area (Å²) in [6, 6.07) is 4.44. The fourth-order valence-electron chi connectivity index (χ4n) is 2.63. The highest BCUT2D eigenvalue weighted by atomic mass is 79.9. The average molecular weight is 341 g/mol. The van der Waals surface area contributed by atoms with Crippen LogP contribution in [0.15, 0.2) is 22.8 Å². The second-order valence-electron chi connectivity index (χ2n) is 4.89. The summed E-state index contributed by atoms with van der Waals surface area (Å²) in [7, 11) is 0. The molecule has 0 aliphatic heterocycles. The van der Waals surface area contributed by atoms with Gasteiger partial charge >= 0.3 is 0 Å². The van der Waals surface area contributed by atoms with Gasteiger partial charge in [0.2, 0.25) is 5.95 Å². The summed E-state index contributed by atoms with van der Waals surface area (Å²) in [4.78, 5) is 4.53. The smallest absolute Gasteiger partial charge is 0.243 e. The quantitative estimate of drug-likeness (QED) is 0.927. The topological polar surface area (TPSA) is 42.2 Å². The zero-order chi connectivity index (χ0) is 13.2.